The van der Waals surface area contributed by atoms with Gasteiger partial charge in [-0.3, -0.25) is 4.79 Å². The Morgan fingerprint density at radius 2 is 2.07 bits per heavy atom. The highest BCUT2D eigenvalue weighted by Crippen LogP contribution is 2.42. The zero-order chi connectivity index (χ0) is 19.2. The smallest absolute Gasteiger partial charge is 0.243 e. The molecule has 148 valence electrons. The Morgan fingerprint density at radius 3 is 2.85 bits per heavy atom. The van der Waals surface area contributed by atoms with Gasteiger partial charge in [-0.25, -0.2) is 8.42 Å². The minimum Gasteiger partial charge on any atom is -0.396 e. The maximum atomic E-state index is 13.3. The number of anilines is 1. The van der Waals surface area contributed by atoms with Gasteiger partial charge in [-0.15, -0.1) is 0 Å². The molecule has 3 aliphatic rings. The molecule has 1 aromatic rings. The number of rotatable bonds is 3. The number of hydrogen-bond acceptors (Lipinski definition) is 5. The number of sulfonamides is 1. The van der Waals surface area contributed by atoms with Gasteiger partial charge in [-0.1, -0.05) is 0 Å². The molecule has 1 aromatic carbocycles. The third kappa shape index (κ3) is 3.18. The maximum absolute atomic E-state index is 13.3. The van der Waals surface area contributed by atoms with Crippen molar-refractivity contribution in [1.29, 1.82) is 0 Å². The van der Waals surface area contributed by atoms with E-state index < -0.39 is 10.0 Å². The van der Waals surface area contributed by atoms with E-state index in [2.05, 4.69) is 10.2 Å². The van der Waals surface area contributed by atoms with Crippen LogP contribution in [0.5, 0.6) is 0 Å². The highest BCUT2D eigenvalue weighted by Gasteiger charge is 2.48. The number of hydrogen-bond donors (Lipinski definition) is 2. The first kappa shape index (κ1) is 18.9. The molecule has 0 radical (unpaired) electrons. The van der Waals surface area contributed by atoms with Crippen molar-refractivity contribution in [1.82, 2.24) is 9.21 Å². The Balaban J connectivity index is 1.60. The molecule has 2 atom stereocenters. The lowest BCUT2D eigenvalue weighted by Crippen LogP contribution is -2.62. The van der Waals surface area contributed by atoms with Crippen molar-refractivity contribution in [2.24, 2.45) is 5.41 Å². The Bertz CT molecular complexity index is 857. The monoisotopic (exact) mass is 393 g/mol. The molecule has 3 heterocycles. The van der Waals surface area contributed by atoms with Crippen LogP contribution in [0.4, 0.5) is 5.69 Å². The summed E-state index contributed by atoms with van der Waals surface area (Å²) in [6, 6.07) is 5.01. The van der Waals surface area contributed by atoms with Crippen LogP contribution in [0.15, 0.2) is 23.1 Å². The number of piperidine rings is 2. The van der Waals surface area contributed by atoms with Crippen molar-refractivity contribution < 1.29 is 18.3 Å². The number of nitrogens with zero attached hydrogens (tertiary/aromatic N) is 2. The number of amides is 1. The van der Waals surface area contributed by atoms with Gasteiger partial charge >= 0.3 is 0 Å². The molecule has 7 nitrogen and oxygen atoms in total. The van der Waals surface area contributed by atoms with Gasteiger partial charge in [0.2, 0.25) is 15.9 Å². The lowest BCUT2D eigenvalue weighted by Gasteiger charge is -2.53. The second-order valence-electron chi connectivity index (χ2n) is 8.10. The van der Waals surface area contributed by atoms with E-state index in [-0.39, 0.29) is 28.9 Å². The molecule has 0 bridgehead atoms. The van der Waals surface area contributed by atoms with Crippen molar-refractivity contribution in [3.63, 3.8) is 0 Å². The van der Waals surface area contributed by atoms with E-state index >= 15 is 0 Å². The molecule has 0 aliphatic carbocycles. The highest BCUT2D eigenvalue weighted by atomic mass is 32.2. The lowest BCUT2D eigenvalue weighted by atomic mass is 9.69. The molecule has 2 saturated heterocycles. The van der Waals surface area contributed by atoms with E-state index in [9.17, 15) is 18.3 Å². The van der Waals surface area contributed by atoms with E-state index in [1.165, 1.54) is 0 Å². The lowest BCUT2D eigenvalue weighted by molar-refractivity contribution is -0.116. The Morgan fingerprint density at radius 1 is 1.26 bits per heavy atom. The van der Waals surface area contributed by atoms with E-state index in [0.717, 1.165) is 24.9 Å². The zero-order valence-electron chi connectivity index (χ0n) is 15.6. The zero-order valence-corrected chi connectivity index (χ0v) is 16.5. The number of carbonyl (C=O) groups is 1. The van der Waals surface area contributed by atoms with E-state index in [1.807, 2.05) is 7.05 Å². The minimum atomic E-state index is -3.61. The average Bonchev–Trinajstić information content (AvgIpc) is 2.67. The van der Waals surface area contributed by atoms with Crippen LogP contribution in [-0.4, -0.2) is 68.0 Å². The Labute approximate surface area is 160 Å². The molecule has 2 fully saturated rings. The predicted molar refractivity (Wildman–Crippen MR) is 102 cm³/mol. The Hall–Kier alpha value is -1.48. The first-order chi connectivity index (χ1) is 12.9. The summed E-state index contributed by atoms with van der Waals surface area (Å²) in [5, 5.41) is 12.8. The summed E-state index contributed by atoms with van der Waals surface area (Å²) in [5.41, 5.74) is 1.38. The first-order valence-electron chi connectivity index (χ1n) is 9.60. The standard InChI is InChI=1S/C19H27N3O4S/c1-21-9-2-7-19(13-23)8-10-22(12-17(19)21)27(25,26)15-4-5-16-14(11-15)3-6-18(24)20-16/h4-5,11,17,23H,2-3,6-10,12-13H2,1H3,(H,20,24)/t17-,19-/m1/s1. The summed E-state index contributed by atoms with van der Waals surface area (Å²) in [6.45, 7) is 1.88. The van der Waals surface area contributed by atoms with Crippen LogP contribution >= 0.6 is 0 Å². The normalized spacial score (nSPS) is 29.7. The fraction of sp³-hybridized carbons (Fsp3) is 0.632. The first-order valence-corrected chi connectivity index (χ1v) is 11.0. The van der Waals surface area contributed by atoms with Crippen LogP contribution < -0.4 is 5.32 Å². The summed E-state index contributed by atoms with van der Waals surface area (Å²) in [7, 11) is -1.59. The van der Waals surface area contributed by atoms with Crippen LogP contribution in [0.3, 0.4) is 0 Å². The summed E-state index contributed by atoms with van der Waals surface area (Å²) < 4.78 is 28.1. The SMILES string of the molecule is CN1CCC[C@]2(CO)CCN(S(=O)(=O)c3ccc4c(c3)CCC(=O)N4)C[C@@H]12. The van der Waals surface area contributed by atoms with Crippen LogP contribution in [-0.2, 0) is 21.2 Å². The van der Waals surface area contributed by atoms with Gasteiger partial charge < -0.3 is 15.3 Å². The fourth-order valence-corrected chi connectivity index (χ4v) is 6.38. The molecule has 0 saturated carbocycles. The summed E-state index contributed by atoms with van der Waals surface area (Å²) in [5.74, 6) is -0.0326. The fourth-order valence-electron chi connectivity index (χ4n) is 4.88. The van der Waals surface area contributed by atoms with Gasteiger partial charge in [0.25, 0.3) is 0 Å². The van der Waals surface area contributed by atoms with Gasteiger partial charge in [0.15, 0.2) is 0 Å². The molecular formula is C19H27N3O4S. The summed E-state index contributed by atoms with van der Waals surface area (Å²) >= 11 is 0. The number of aryl methyl sites for hydroxylation is 1. The van der Waals surface area contributed by atoms with Gasteiger partial charge in [0.05, 0.1) is 11.5 Å². The number of likely N-dealkylation sites (N-methyl/N-ethyl adjacent to an activating group) is 1. The quantitative estimate of drug-likeness (QED) is 0.801. The number of aliphatic hydroxyl groups excluding tert-OH is 1. The van der Waals surface area contributed by atoms with Crippen molar-refractivity contribution in [3.05, 3.63) is 23.8 Å². The van der Waals surface area contributed by atoms with Gasteiger partial charge in [-0.05, 0) is 63.0 Å². The largest absolute Gasteiger partial charge is 0.396 e. The second-order valence-corrected chi connectivity index (χ2v) is 10.0. The average molecular weight is 394 g/mol. The third-order valence-electron chi connectivity index (χ3n) is 6.58. The highest BCUT2D eigenvalue weighted by molar-refractivity contribution is 7.89. The van der Waals surface area contributed by atoms with Crippen molar-refractivity contribution in [3.8, 4) is 0 Å². The van der Waals surface area contributed by atoms with Crippen LogP contribution in [0.2, 0.25) is 0 Å². The van der Waals surface area contributed by atoms with Crippen LogP contribution in [0.1, 0.15) is 31.2 Å². The topological polar surface area (TPSA) is 90.0 Å². The number of aliphatic hydroxyl groups is 1. The van der Waals surface area contributed by atoms with Crippen molar-refractivity contribution >= 4 is 21.6 Å². The second kappa shape index (κ2) is 6.84. The maximum Gasteiger partial charge on any atom is 0.243 e. The molecule has 1 amide bonds. The van der Waals surface area contributed by atoms with Gasteiger partial charge in [0.1, 0.15) is 0 Å². The molecule has 0 aromatic heterocycles. The number of fused-ring (bicyclic) bond motifs is 2. The van der Waals surface area contributed by atoms with Crippen molar-refractivity contribution in [2.75, 3.05) is 38.6 Å². The molecule has 8 heteroatoms. The van der Waals surface area contributed by atoms with Crippen molar-refractivity contribution in [2.45, 2.75) is 43.0 Å². The number of nitrogens with one attached hydrogen (secondary N) is 1. The summed E-state index contributed by atoms with van der Waals surface area (Å²) in [4.78, 5) is 14.0. The molecule has 0 unspecified atom stereocenters. The molecule has 27 heavy (non-hydrogen) atoms. The van der Waals surface area contributed by atoms with E-state index in [4.69, 9.17) is 0 Å². The molecule has 2 N–H and O–H groups in total. The number of benzene rings is 1. The van der Waals surface area contributed by atoms with E-state index in [0.29, 0.717) is 38.0 Å². The van der Waals surface area contributed by atoms with Crippen LogP contribution in [0, 0.1) is 5.41 Å². The number of carbonyl (C=O) groups excluding carboxylic acids is 1. The predicted octanol–water partition coefficient (Wildman–Crippen LogP) is 1.04. The molecule has 3 aliphatic heterocycles. The molecular weight excluding hydrogens is 366 g/mol. The molecule has 4 rings (SSSR count). The van der Waals surface area contributed by atoms with Gasteiger partial charge in [-0.2, -0.15) is 4.31 Å². The Kier molecular flexibility index (Phi) is 4.78. The van der Waals surface area contributed by atoms with Crippen LogP contribution in [0.25, 0.3) is 0 Å². The summed E-state index contributed by atoms with van der Waals surface area (Å²) in [6.07, 6.45) is 3.61. The minimum absolute atomic E-state index is 0.0326. The van der Waals surface area contributed by atoms with E-state index in [1.54, 1.807) is 22.5 Å². The third-order valence-corrected chi connectivity index (χ3v) is 8.45. The van der Waals surface area contributed by atoms with Gasteiger partial charge in [0, 0.05) is 36.7 Å². The molecule has 0 spiro atoms. The number of likely N-dealkylation sites (tertiary alicyclic amines) is 1.